The molecule has 13 aromatic rings. The fourth-order valence-electron chi connectivity index (χ4n) is 13.7. The third-order valence-electron chi connectivity index (χ3n) is 19.0. The Morgan fingerprint density at radius 2 is 0.580 bits per heavy atom. The molecule has 0 atom stereocenters. The van der Waals surface area contributed by atoms with Gasteiger partial charge in [-0.15, -0.1) is 22.1 Å². The minimum atomic E-state index is 0. The molecule has 7 aromatic carbocycles. The second kappa shape index (κ2) is 25.7. The van der Waals surface area contributed by atoms with E-state index in [0.717, 1.165) is 173 Å². The molecule has 0 aliphatic carbocycles. The molecule has 0 saturated carbocycles. The molecular weight excluding hydrogens is 1270 g/mol. The van der Waals surface area contributed by atoms with E-state index in [9.17, 15) is 0 Å². The van der Waals surface area contributed by atoms with Crippen molar-refractivity contribution in [3.8, 4) is 89.7 Å². The molecule has 0 spiro atoms. The second-order valence-corrected chi connectivity index (χ2v) is 26.2. The van der Waals surface area contributed by atoms with Gasteiger partial charge in [-0.3, -0.25) is 0 Å². The van der Waals surface area contributed by atoms with E-state index in [1.165, 1.54) is 5.56 Å². The standard InChI is InChI=1S/C91H65N7O.Zn/c1-53-8-22-60(23-9-53)84-70-39-38-69(92-70)68(82-50-51-83(99-82)89(65-32-18-58(6)19-33-65)79-48-46-76(96-79)86(73-41-40-71(84)93-73)62-26-12-55(3)13-27-62)37-36-67-52-81-88(64-30-16-57(5)17-31-64)78-45-44-75(95-78)85(61-24-10-54(2)11-25-61)72-42-43-74(94-72)87(63-28-14-56(4)15-29-63)77-47-49-80(97-77)90(91(67)98-81)66-34-20-59(7)21-35-66;/h8-35,38-52,93H,1-7H3;/q-2;+2. The zero-order valence-electron chi connectivity index (χ0n) is 56.6. The van der Waals surface area contributed by atoms with Gasteiger partial charge in [0.05, 0.1) is 62.3 Å². The van der Waals surface area contributed by atoms with Crippen LogP contribution in [0.3, 0.4) is 0 Å². The Morgan fingerprint density at radius 1 is 0.280 bits per heavy atom. The van der Waals surface area contributed by atoms with E-state index in [1.807, 2.05) is 12.1 Å². The molecule has 0 fully saturated rings. The summed E-state index contributed by atoms with van der Waals surface area (Å²) in [5.74, 6) is 7.61. The zero-order valence-corrected chi connectivity index (χ0v) is 59.6. The number of aryl methyl sites for hydroxylation is 7. The van der Waals surface area contributed by atoms with Gasteiger partial charge < -0.3 is 19.4 Å². The third kappa shape index (κ3) is 11.7. The van der Waals surface area contributed by atoms with Crippen LogP contribution in [0.5, 0.6) is 0 Å². The largest absolute Gasteiger partial charge is 2.00 e. The number of furan rings is 1. The van der Waals surface area contributed by atoms with Crippen LogP contribution in [-0.4, -0.2) is 24.9 Å². The van der Waals surface area contributed by atoms with Crippen molar-refractivity contribution in [2.24, 2.45) is 0 Å². The van der Waals surface area contributed by atoms with E-state index < -0.39 is 0 Å². The van der Waals surface area contributed by atoms with Crippen molar-refractivity contribution in [1.82, 2.24) is 34.9 Å². The maximum atomic E-state index is 7.31. The van der Waals surface area contributed by atoms with Crippen LogP contribution in [0.2, 0.25) is 0 Å². The molecule has 8 nitrogen and oxygen atoms in total. The van der Waals surface area contributed by atoms with Gasteiger partial charge in [0.15, 0.2) is 0 Å². The molecule has 0 radical (unpaired) electrons. The first-order valence-electron chi connectivity index (χ1n) is 33.5. The summed E-state index contributed by atoms with van der Waals surface area (Å²) in [6, 6.07) is 77.2. The van der Waals surface area contributed by atoms with Crippen molar-refractivity contribution in [2.75, 3.05) is 0 Å². The Balaban J connectivity index is 0.00000778. The minimum Gasteiger partial charge on any atom is -0.657 e. The van der Waals surface area contributed by atoms with E-state index in [-0.39, 0.29) is 19.5 Å². The van der Waals surface area contributed by atoms with Crippen LogP contribution in [0.15, 0.2) is 223 Å². The molecule has 9 heteroatoms. The molecule has 10 heterocycles. The van der Waals surface area contributed by atoms with Crippen LogP contribution in [-0.2, 0) is 19.5 Å². The number of nitrogens with zero attached hydrogens (tertiary/aromatic N) is 6. The maximum absolute atomic E-state index is 7.31. The van der Waals surface area contributed by atoms with E-state index in [2.05, 4.69) is 314 Å². The van der Waals surface area contributed by atoms with Gasteiger partial charge in [-0.05, 0) is 176 Å². The van der Waals surface area contributed by atoms with Crippen LogP contribution in [0.4, 0.5) is 0 Å². The summed E-state index contributed by atoms with van der Waals surface area (Å²) in [7, 11) is 0. The molecule has 0 amide bonds. The number of rotatable bonds is 7. The van der Waals surface area contributed by atoms with Crippen molar-refractivity contribution in [1.29, 1.82) is 0 Å². The number of nitrogens with one attached hydrogen (secondary N) is 1. The summed E-state index contributed by atoms with van der Waals surface area (Å²) < 4.78 is 7.31. The van der Waals surface area contributed by atoms with E-state index in [0.29, 0.717) is 39.4 Å². The van der Waals surface area contributed by atoms with Gasteiger partial charge in [0.1, 0.15) is 11.2 Å². The molecule has 472 valence electrons. The van der Waals surface area contributed by atoms with Gasteiger partial charge in [0, 0.05) is 22.2 Å². The van der Waals surface area contributed by atoms with Crippen LogP contribution in [0.25, 0.3) is 170 Å². The average molecular weight is 1340 g/mol. The van der Waals surface area contributed by atoms with Crippen molar-refractivity contribution in [3.05, 3.63) is 308 Å². The average Bonchev–Trinajstić information content (AvgIpc) is 1.61. The number of allylic oxidation sites excluding steroid dienone is 1. The molecule has 16 bridgehead atoms. The smallest absolute Gasteiger partial charge is 0.657 e. The van der Waals surface area contributed by atoms with Gasteiger partial charge in [-0.25, -0.2) is 19.9 Å². The summed E-state index contributed by atoms with van der Waals surface area (Å²) in [4.78, 5) is 37.8. The van der Waals surface area contributed by atoms with E-state index >= 15 is 0 Å². The third-order valence-corrected chi connectivity index (χ3v) is 19.0. The number of hydrogen-bond acceptors (Lipinski definition) is 5. The SMILES string of the molecule is Cc1ccc(-c2c3nc(c(-c4ccc(C)cc4)c4ccc([n-]4)c(-c4ccc(C)cc4)c4nc(c(-c5ccc(C)cc5)c5ccc2[n-]5)C=C4C#Cc2c4nc(c(-c5ccc(C)cc5)c5ccc([nH]5)c(-c5ccc(C)cc5)c5nc(c(-c6ccc(C)cc6)c6ccc2o6)C=C5)C=C4)C=C3)cc1.[Zn+2]. The number of aromatic amines is 1. The maximum Gasteiger partial charge on any atom is 2.00 e. The molecule has 1 N–H and O–H groups in total. The first-order valence-corrected chi connectivity index (χ1v) is 33.5. The summed E-state index contributed by atoms with van der Waals surface area (Å²) in [6.07, 6.45) is 14.8. The van der Waals surface area contributed by atoms with Crippen molar-refractivity contribution >= 4 is 92.4 Å². The Kier molecular flexibility index (Phi) is 16.1. The Labute approximate surface area is 593 Å². The molecule has 100 heavy (non-hydrogen) atoms. The second-order valence-electron chi connectivity index (χ2n) is 26.2. The first kappa shape index (κ1) is 62.7. The number of fused-ring (bicyclic) bond motifs is 16. The molecule has 0 saturated heterocycles. The number of aromatic nitrogens is 7. The van der Waals surface area contributed by atoms with Crippen LogP contribution < -0.4 is 9.97 Å². The topological polar surface area (TPSA) is 109 Å². The fraction of sp³-hybridized carbons (Fsp3) is 0.0769. The first-order chi connectivity index (χ1) is 48.4. The predicted molar refractivity (Wildman–Crippen MR) is 411 cm³/mol. The molecule has 17 rings (SSSR count). The number of hydrogen-bond donors (Lipinski definition) is 1. The zero-order chi connectivity index (χ0) is 67.0. The van der Waals surface area contributed by atoms with Gasteiger partial charge in [-0.2, -0.15) is 0 Å². The quantitative estimate of drug-likeness (QED) is 0.125. The van der Waals surface area contributed by atoms with Crippen LogP contribution >= 0.6 is 0 Å². The number of H-pyrrole nitrogens is 1. The Bertz CT molecular complexity index is 6000. The van der Waals surface area contributed by atoms with Gasteiger partial charge in [0.25, 0.3) is 0 Å². The molecular formula is C91H65N7OZn. The van der Waals surface area contributed by atoms with Crippen molar-refractivity contribution in [3.63, 3.8) is 0 Å². The Hall–Kier alpha value is -12.1. The summed E-state index contributed by atoms with van der Waals surface area (Å²) in [6.45, 7) is 14.8. The van der Waals surface area contributed by atoms with E-state index in [1.54, 1.807) is 0 Å². The van der Waals surface area contributed by atoms with Crippen molar-refractivity contribution in [2.45, 2.75) is 48.5 Å². The minimum absolute atomic E-state index is 0. The van der Waals surface area contributed by atoms with Crippen LogP contribution in [0.1, 0.15) is 90.1 Å². The Morgan fingerprint density at radius 3 is 0.980 bits per heavy atom. The van der Waals surface area contributed by atoms with Crippen LogP contribution in [0, 0.1) is 60.3 Å². The predicted octanol–water partition coefficient (Wildman–Crippen LogP) is 22.4. The van der Waals surface area contributed by atoms with Crippen molar-refractivity contribution < 1.29 is 23.9 Å². The van der Waals surface area contributed by atoms with Gasteiger partial charge >= 0.3 is 19.5 Å². The molecule has 6 aromatic heterocycles. The molecule has 4 aliphatic heterocycles. The summed E-state index contributed by atoms with van der Waals surface area (Å²) in [5.41, 5.74) is 34.5. The fourth-order valence-corrected chi connectivity index (χ4v) is 13.7. The normalized spacial score (nSPS) is 12.1. The monoisotopic (exact) mass is 1340 g/mol. The van der Waals surface area contributed by atoms with Gasteiger partial charge in [-0.1, -0.05) is 245 Å². The number of benzene rings is 7. The summed E-state index contributed by atoms with van der Waals surface area (Å²) >= 11 is 0. The van der Waals surface area contributed by atoms with E-state index in [4.69, 9.17) is 34.3 Å². The molecule has 4 aliphatic rings. The summed E-state index contributed by atoms with van der Waals surface area (Å²) in [5, 5.41) is 0. The van der Waals surface area contributed by atoms with Gasteiger partial charge in [0.2, 0.25) is 0 Å². The molecule has 0 unspecified atom stereocenters.